The third-order valence-electron chi connectivity index (χ3n) is 25.6. The summed E-state index contributed by atoms with van der Waals surface area (Å²) in [5.74, 6) is 0. The van der Waals surface area contributed by atoms with Gasteiger partial charge in [-0.15, -0.1) is 0 Å². The van der Waals surface area contributed by atoms with Gasteiger partial charge in [0.25, 0.3) is 0 Å². The minimum absolute atomic E-state index is 1.05. The highest BCUT2D eigenvalue weighted by molar-refractivity contribution is 5.97. The second-order valence-corrected chi connectivity index (χ2v) is 34.4. The molecule has 0 aliphatic rings. The summed E-state index contributed by atoms with van der Waals surface area (Å²) < 4.78 is 0. The molecule has 0 saturated carbocycles. The molecule has 0 amide bonds. The standard InChI is InChI=1S/C132H90/c1-13-37-91(38-14-1)103-61-104(92-39-15-2-16-40-92)68-115(67-103)121-79-122(116-69-105(93-41-17-3-18-42-93)62-106(70-116)94-43-19-4-20-44-94)83-127(82-121)130-88-131(128-84-123(117-71-107(95-45-21-5-22-46-95)63-108(72-117)96-47-23-6-24-48-96)80-124(85-128)118-73-109(97-49-25-7-26-50-97)64-110(74-118)98-51-27-8-28-52-98)90-132(89-130)129-86-125(119-75-111(99-53-29-9-30-54-99)65-112(76-119)100-55-31-10-32-56-100)81-126(87-129)120-77-113(101-57-33-11-34-58-101)66-114(78-120)102-59-35-12-36-60-102/h1-90H. The molecule has 0 spiro atoms. The van der Waals surface area contributed by atoms with E-state index in [0.29, 0.717) is 0 Å². The summed E-state index contributed by atoms with van der Waals surface area (Å²) in [7, 11) is 0. The Bertz CT molecular complexity index is 6330. The fourth-order valence-electron chi connectivity index (χ4n) is 18.8. The average molecular weight is 1680 g/mol. The molecule has 0 saturated heterocycles. The van der Waals surface area contributed by atoms with Gasteiger partial charge in [0.1, 0.15) is 0 Å². The minimum Gasteiger partial charge on any atom is -0.0622 e. The van der Waals surface area contributed by atoms with Gasteiger partial charge in [-0.2, -0.15) is 0 Å². The molecule has 22 aromatic rings. The van der Waals surface area contributed by atoms with Crippen molar-refractivity contribution in [1.29, 1.82) is 0 Å². The van der Waals surface area contributed by atoms with Gasteiger partial charge < -0.3 is 0 Å². The Morgan fingerprint density at radius 1 is 0.0455 bits per heavy atom. The molecule has 0 heterocycles. The molecule has 22 aromatic carbocycles. The molecule has 0 unspecified atom stereocenters. The van der Waals surface area contributed by atoms with E-state index in [9.17, 15) is 0 Å². The van der Waals surface area contributed by atoms with Crippen LogP contribution in [0, 0.1) is 0 Å². The smallest absolute Gasteiger partial charge is 0.0171 e. The quantitative estimate of drug-likeness (QED) is 0.0673. The number of rotatable bonds is 21. The van der Waals surface area contributed by atoms with Gasteiger partial charge in [0, 0.05) is 0 Å². The minimum atomic E-state index is 1.05. The van der Waals surface area contributed by atoms with E-state index in [1.807, 2.05) is 0 Å². The van der Waals surface area contributed by atoms with Crippen LogP contribution in [0.2, 0.25) is 0 Å². The lowest BCUT2D eigenvalue weighted by atomic mass is 9.85. The molecule has 0 heteroatoms. The zero-order valence-corrected chi connectivity index (χ0v) is 73.0. The van der Waals surface area contributed by atoms with Crippen LogP contribution in [0.25, 0.3) is 234 Å². The molecule has 0 aliphatic heterocycles. The third-order valence-corrected chi connectivity index (χ3v) is 25.6. The Morgan fingerprint density at radius 3 is 0.144 bits per heavy atom. The van der Waals surface area contributed by atoms with Crippen LogP contribution in [0.5, 0.6) is 0 Å². The number of benzene rings is 22. The van der Waals surface area contributed by atoms with Crippen LogP contribution in [-0.4, -0.2) is 0 Å². The van der Waals surface area contributed by atoms with Crippen molar-refractivity contribution in [3.63, 3.8) is 0 Å². The first kappa shape index (κ1) is 80.7. The molecule has 132 heavy (non-hydrogen) atoms. The van der Waals surface area contributed by atoms with Gasteiger partial charge in [-0.1, -0.05) is 364 Å². The maximum Gasteiger partial charge on any atom is -0.0171 e. The molecule has 0 bridgehead atoms. The summed E-state index contributed by atoms with van der Waals surface area (Å²) in [5.41, 5.74) is 46.9. The van der Waals surface area contributed by atoms with Crippen LogP contribution in [0.15, 0.2) is 546 Å². The third kappa shape index (κ3) is 17.6. The molecular formula is C132H90. The molecule has 22 rings (SSSR count). The molecule has 0 nitrogen and oxygen atoms in total. The predicted octanol–water partition coefficient (Wildman–Crippen LogP) is 36.7. The van der Waals surface area contributed by atoms with Gasteiger partial charge in [-0.3, -0.25) is 0 Å². The van der Waals surface area contributed by atoms with Crippen molar-refractivity contribution in [1.82, 2.24) is 0 Å². The average Bonchev–Trinajstić information content (AvgIpc) is 0.757. The Hall–Kier alpha value is -17.2. The van der Waals surface area contributed by atoms with E-state index in [-0.39, 0.29) is 0 Å². The van der Waals surface area contributed by atoms with Crippen LogP contribution in [-0.2, 0) is 0 Å². The van der Waals surface area contributed by atoms with Gasteiger partial charge in [-0.25, -0.2) is 0 Å². The maximum absolute atomic E-state index is 2.49. The zero-order valence-electron chi connectivity index (χ0n) is 73.0. The molecule has 618 valence electrons. The molecule has 0 N–H and O–H groups in total. The first-order valence-corrected chi connectivity index (χ1v) is 45.5. The molecule has 0 atom stereocenters. The molecular weight excluding hydrogens is 1590 g/mol. The number of hydrogen-bond acceptors (Lipinski definition) is 0. The highest BCUT2D eigenvalue weighted by atomic mass is 14.3. The lowest BCUT2D eigenvalue weighted by Crippen LogP contribution is -1.93. The Kier molecular flexibility index (Phi) is 22.4. The van der Waals surface area contributed by atoms with Crippen LogP contribution in [0.1, 0.15) is 0 Å². The fourth-order valence-corrected chi connectivity index (χ4v) is 18.8. The van der Waals surface area contributed by atoms with E-state index < -0.39 is 0 Å². The number of hydrogen-bond donors (Lipinski definition) is 0. The van der Waals surface area contributed by atoms with Crippen LogP contribution >= 0.6 is 0 Å². The second-order valence-electron chi connectivity index (χ2n) is 34.4. The largest absolute Gasteiger partial charge is 0.0622 e. The summed E-state index contributed by atoms with van der Waals surface area (Å²) in [6.45, 7) is 0. The molecule has 0 radical (unpaired) electrons. The summed E-state index contributed by atoms with van der Waals surface area (Å²) in [6, 6.07) is 203. The summed E-state index contributed by atoms with van der Waals surface area (Å²) >= 11 is 0. The van der Waals surface area contributed by atoms with E-state index in [1.54, 1.807) is 0 Å². The monoisotopic (exact) mass is 1670 g/mol. The molecule has 0 aliphatic carbocycles. The van der Waals surface area contributed by atoms with Gasteiger partial charge in [0.05, 0.1) is 0 Å². The molecule has 0 fully saturated rings. The van der Waals surface area contributed by atoms with Crippen LogP contribution in [0.3, 0.4) is 0 Å². The lowest BCUT2D eigenvalue weighted by molar-refractivity contribution is 1.52. The van der Waals surface area contributed by atoms with Gasteiger partial charge >= 0.3 is 0 Å². The van der Waals surface area contributed by atoms with E-state index in [0.717, 1.165) is 234 Å². The zero-order chi connectivity index (χ0) is 87.9. The van der Waals surface area contributed by atoms with E-state index in [1.165, 1.54) is 0 Å². The van der Waals surface area contributed by atoms with E-state index in [2.05, 4.69) is 546 Å². The Balaban J connectivity index is 0.860. The van der Waals surface area contributed by atoms with Crippen molar-refractivity contribution in [3.8, 4) is 234 Å². The highest BCUT2D eigenvalue weighted by Gasteiger charge is 2.22. The van der Waals surface area contributed by atoms with Crippen LogP contribution < -0.4 is 0 Å². The fraction of sp³-hybridized carbons (Fsp3) is 0. The summed E-state index contributed by atoms with van der Waals surface area (Å²) in [6.07, 6.45) is 0. The van der Waals surface area contributed by atoms with Crippen molar-refractivity contribution in [2.45, 2.75) is 0 Å². The predicted molar refractivity (Wildman–Crippen MR) is 561 cm³/mol. The summed E-state index contributed by atoms with van der Waals surface area (Å²) in [5, 5.41) is 0. The van der Waals surface area contributed by atoms with Crippen molar-refractivity contribution >= 4 is 0 Å². The van der Waals surface area contributed by atoms with Crippen molar-refractivity contribution in [2.24, 2.45) is 0 Å². The van der Waals surface area contributed by atoms with Crippen molar-refractivity contribution < 1.29 is 0 Å². The second kappa shape index (κ2) is 36.7. The van der Waals surface area contributed by atoms with Gasteiger partial charge in [0.15, 0.2) is 0 Å². The Labute approximate surface area is 774 Å². The normalized spacial score (nSPS) is 11.2. The SMILES string of the molecule is c1ccc(-c2cc(-c3ccccc3)cc(-c3cc(-c4cc(-c5ccccc5)cc(-c5ccccc5)c4)cc(-c4cc(-c5cc(-c6cc(-c7ccccc7)cc(-c7ccccc7)c6)cc(-c6cc(-c7ccccc7)cc(-c7ccccc7)c6)c5)cc(-c5cc(-c6cc(-c7ccccc7)cc(-c7ccccc7)c6)cc(-c6cc(-c7ccccc7)cc(-c7ccccc7)c6)c5)c4)c3)c2)cc1. The Morgan fingerprint density at radius 2 is 0.0909 bits per heavy atom. The molecule has 0 aromatic heterocycles. The van der Waals surface area contributed by atoms with Gasteiger partial charge in [0.2, 0.25) is 0 Å². The van der Waals surface area contributed by atoms with E-state index >= 15 is 0 Å². The first-order chi connectivity index (χ1) is 65.3. The maximum atomic E-state index is 2.49. The van der Waals surface area contributed by atoms with Crippen LogP contribution in [0.4, 0.5) is 0 Å². The summed E-state index contributed by atoms with van der Waals surface area (Å²) in [4.78, 5) is 0. The van der Waals surface area contributed by atoms with Crippen molar-refractivity contribution in [3.05, 3.63) is 546 Å². The van der Waals surface area contributed by atoms with Crippen molar-refractivity contribution in [2.75, 3.05) is 0 Å². The van der Waals surface area contributed by atoms with Gasteiger partial charge in [-0.05, 0) is 416 Å². The first-order valence-electron chi connectivity index (χ1n) is 45.5. The topological polar surface area (TPSA) is 0 Å². The highest BCUT2D eigenvalue weighted by Crippen LogP contribution is 2.48. The lowest BCUT2D eigenvalue weighted by Gasteiger charge is -2.19. The van der Waals surface area contributed by atoms with E-state index in [4.69, 9.17) is 0 Å².